The van der Waals surface area contributed by atoms with Crippen molar-refractivity contribution in [1.29, 1.82) is 0 Å². The lowest BCUT2D eigenvalue weighted by Crippen LogP contribution is -1.94. The van der Waals surface area contributed by atoms with Gasteiger partial charge in [0.2, 0.25) is 5.95 Å². The second kappa shape index (κ2) is 2.72. The largest absolute Gasteiger partial charge is 0.383 e. The lowest BCUT2D eigenvalue weighted by Gasteiger charge is -1.97. The molecule has 0 aliphatic heterocycles. The third-order valence-electron chi connectivity index (χ3n) is 0.914. The van der Waals surface area contributed by atoms with E-state index in [1.807, 2.05) is 0 Å². The first-order valence-electron chi connectivity index (χ1n) is 2.38. The highest BCUT2D eigenvalue weighted by Crippen LogP contribution is 2.22. The molecule has 0 aliphatic rings. The van der Waals surface area contributed by atoms with Gasteiger partial charge in [-0.1, -0.05) is 11.6 Å². The molecule has 0 radical (unpaired) electrons. The minimum atomic E-state index is -0.748. The fourth-order valence-electron chi connectivity index (χ4n) is 0.457. The molecule has 2 nitrogen and oxygen atoms in total. The van der Waals surface area contributed by atoms with E-state index < -0.39 is 5.95 Å². The smallest absolute Gasteiger partial charge is 0.233 e. The summed E-state index contributed by atoms with van der Waals surface area (Å²) < 4.78 is 12.9. The Balaban J connectivity index is 3.28. The average Bonchev–Trinajstić information content (AvgIpc) is 1.84. The lowest BCUT2D eigenvalue weighted by atomic mass is 10.5. The Bertz CT molecular complexity index is 216. The molecule has 0 saturated carbocycles. The maximum Gasteiger partial charge on any atom is 0.233 e. The molecule has 5 heteroatoms. The van der Waals surface area contributed by atoms with Crippen molar-refractivity contribution in [2.24, 2.45) is 0 Å². The summed E-state index contributed by atoms with van der Waals surface area (Å²) >= 11 is 8.40. The summed E-state index contributed by atoms with van der Waals surface area (Å²) in [5, 5.41) is -0.0407. The minimum Gasteiger partial charge on any atom is -0.383 e. The van der Waals surface area contributed by atoms with E-state index in [1.165, 1.54) is 6.07 Å². The molecule has 1 rings (SSSR count). The SMILES string of the molecule is Nc1nc(F)c(Cl)cc1Br. The van der Waals surface area contributed by atoms with Gasteiger partial charge in [0.1, 0.15) is 5.82 Å². The maximum absolute atomic E-state index is 12.4. The number of hydrogen-bond acceptors (Lipinski definition) is 2. The molecular weight excluding hydrogens is 222 g/mol. The molecule has 1 aromatic heterocycles. The van der Waals surface area contributed by atoms with Gasteiger partial charge >= 0.3 is 0 Å². The van der Waals surface area contributed by atoms with E-state index in [0.29, 0.717) is 4.47 Å². The van der Waals surface area contributed by atoms with Crippen LogP contribution in [0.5, 0.6) is 0 Å². The molecule has 1 aromatic rings. The monoisotopic (exact) mass is 224 g/mol. The molecule has 0 atom stereocenters. The number of hydrogen-bond donors (Lipinski definition) is 1. The van der Waals surface area contributed by atoms with Crippen LogP contribution < -0.4 is 5.73 Å². The maximum atomic E-state index is 12.4. The van der Waals surface area contributed by atoms with Gasteiger partial charge in [0.25, 0.3) is 0 Å². The van der Waals surface area contributed by atoms with Crippen molar-refractivity contribution < 1.29 is 4.39 Å². The molecule has 0 fully saturated rings. The van der Waals surface area contributed by atoms with Gasteiger partial charge < -0.3 is 5.73 Å². The fraction of sp³-hybridized carbons (Fsp3) is 0. The Morgan fingerprint density at radius 3 is 2.80 bits per heavy atom. The number of halogens is 3. The molecule has 54 valence electrons. The summed E-state index contributed by atoms with van der Waals surface area (Å²) in [4.78, 5) is 3.30. The van der Waals surface area contributed by atoms with Gasteiger partial charge in [-0.2, -0.15) is 4.39 Å². The first kappa shape index (κ1) is 7.75. The third kappa shape index (κ3) is 1.38. The first-order valence-corrected chi connectivity index (χ1v) is 3.55. The third-order valence-corrected chi connectivity index (χ3v) is 1.81. The lowest BCUT2D eigenvalue weighted by molar-refractivity contribution is 0.586. The summed E-state index contributed by atoms with van der Waals surface area (Å²) in [6, 6.07) is 1.36. The molecule has 2 N–H and O–H groups in total. The van der Waals surface area contributed by atoms with Crippen LogP contribution in [0.25, 0.3) is 0 Å². The van der Waals surface area contributed by atoms with Crippen LogP contribution in [-0.4, -0.2) is 4.98 Å². The molecule has 0 spiro atoms. The van der Waals surface area contributed by atoms with Gasteiger partial charge in [-0.3, -0.25) is 0 Å². The average molecular weight is 225 g/mol. The fourth-order valence-corrected chi connectivity index (χ4v) is 1.06. The number of nitrogen functional groups attached to an aromatic ring is 1. The van der Waals surface area contributed by atoms with E-state index in [4.69, 9.17) is 17.3 Å². The van der Waals surface area contributed by atoms with Crippen molar-refractivity contribution in [2.45, 2.75) is 0 Å². The van der Waals surface area contributed by atoms with E-state index in [9.17, 15) is 4.39 Å². The highest BCUT2D eigenvalue weighted by molar-refractivity contribution is 9.10. The number of nitrogens with zero attached hydrogens (tertiary/aromatic N) is 1. The number of nitrogens with two attached hydrogens (primary N) is 1. The van der Waals surface area contributed by atoms with Crippen LogP contribution in [0.4, 0.5) is 10.2 Å². The topological polar surface area (TPSA) is 38.9 Å². The van der Waals surface area contributed by atoms with Crippen molar-refractivity contribution in [1.82, 2.24) is 4.98 Å². The molecule has 0 saturated heterocycles. The van der Waals surface area contributed by atoms with Crippen LogP contribution in [-0.2, 0) is 0 Å². The van der Waals surface area contributed by atoms with E-state index in [0.717, 1.165) is 0 Å². The van der Waals surface area contributed by atoms with Crippen LogP contribution in [0.1, 0.15) is 0 Å². The second-order valence-corrected chi connectivity index (χ2v) is 2.89. The Morgan fingerprint density at radius 1 is 1.70 bits per heavy atom. The highest BCUT2D eigenvalue weighted by Gasteiger charge is 2.04. The number of aromatic nitrogens is 1. The number of rotatable bonds is 0. The molecular formula is C5H3BrClFN2. The van der Waals surface area contributed by atoms with Crippen LogP contribution in [0.15, 0.2) is 10.5 Å². The standard InChI is InChI=1S/C5H3BrClFN2/c6-2-1-3(7)4(8)10-5(2)9/h1H,(H2,9,10). The zero-order valence-electron chi connectivity index (χ0n) is 4.74. The van der Waals surface area contributed by atoms with Crippen LogP contribution in [0, 0.1) is 5.95 Å². The van der Waals surface area contributed by atoms with Crippen molar-refractivity contribution >= 4 is 33.3 Å². The van der Waals surface area contributed by atoms with E-state index in [1.54, 1.807) is 0 Å². The van der Waals surface area contributed by atoms with Gasteiger partial charge in [0.05, 0.1) is 9.50 Å². The number of anilines is 1. The van der Waals surface area contributed by atoms with E-state index in [2.05, 4.69) is 20.9 Å². The van der Waals surface area contributed by atoms with Crippen molar-refractivity contribution in [3.05, 3.63) is 21.5 Å². The molecule has 0 aliphatic carbocycles. The Morgan fingerprint density at radius 2 is 2.30 bits per heavy atom. The van der Waals surface area contributed by atoms with E-state index in [-0.39, 0.29) is 10.8 Å². The quantitative estimate of drug-likeness (QED) is 0.688. The molecule has 1 heterocycles. The predicted octanol–water partition coefficient (Wildman–Crippen LogP) is 2.22. The van der Waals surface area contributed by atoms with Gasteiger partial charge in [0.15, 0.2) is 0 Å². The Hall–Kier alpha value is -0.350. The second-order valence-electron chi connectivity index (χ2n) is 1.63. The Kier molecular flexibility index (Phi) is 2.11. The van der Waals surface area contributed by atoms with Crippen LogP contribution >= 0.6 is 27.5 Å². The van der Waals surface area contributed by atoms with Crippen LogP contribution in [0.2, 0.25) is 5.02 Å². The van der Waals surface area contributed by atoms with Crippen LogP contribution in [0.3, 0.4) is 0 Å². The zero-order valence-corrected chi connectivity index (χ0v) is 7.08. The van der Waals surface area contributed by atoms with Crippen molar-refractivity contribution in [3.8, 4) is 0 Å². The first-order chi connectivity index (χ1) is 4.61. The summed E-state index contributed by atoms with van der Waals surface area (Å²) in [7, 11) is 0. The van der Waals surface area contributed by atoms with Crippen molar-refractivity contribution in [3.63, 3.8) is 0 Å². The van der Waals surface area contributed by atoms with Gasteiger partial charge in [0, 0.05) is 0 Å². The van der Waals surface area contributed by atoms with Crippen molar-refractivity contribution in [2.75, 3.05) is 5.73 Å². The van der Waals surface area contributed by atoms with Gasteiger partial charge in [-0.25, -0.2) is 4.98 Å². The normalized spacial score (nSPS) is 9.90. The zero-order chi connectivity index (χ0) is 7.72. The van der Waals surface area contributed by atoms with Gasteiger partial charge in [-0.05, 0) is 22.0 Å². The summed E-state index contributed by atoms with van der Waals surface area (Å²) in [5.41, 5.74) is 5.23. The molecule has 0 bridgehead atoms. The predicted molar refractivity (Wildman–Crippen MR) is 41.3 cm³/mol. The summed E-state index contributed by atoms with van der Waals surface area (Å²) in [5.74, 6) is -0.649. The minimum absolute atomic E-state index is 0.0407. The number of pyridine rings is 1. The summed E-state index contributed by atoms with van der Waals surface area (Å²) in [6.07, 6.45) is 0. The molecule has 0 unspecified atom stereocenters. The molecule has 0 aromatic carbocycles. The Labute approximate surface area is 70.3 Å². The van der Waals surface area contributed by atoms with E-state index >= 15 is 0 Å². The molecule has 10 heavy (non-hydrogen) atoms. The summed E-state index contributed by atoms with van der Waals surface area (Å²) in [6.45, 7) is 0. The highest BCUT2D eigenvalue weighted by atomic mass is 79.9. The molecule has 0 amide bonds. The van der Waals surface area contributed by atoms with Gasteiger partial charge in [-0.15, -0.1) is 0 Å².